The van der Waals surface area contributed by atoms with Crippen molar-refractivity contribution < 1.29 is 19.9 Å². The van der Waals surface area contributed by atoms with Crippen LogP contribution < -0.4 is 4.74 Å². The van der Waals surface area contributed by atoms with Gasteiger partial charge in [0.05, 0.1) is 17.6 Å². The van der Waals surface area contributed by atoms with Gasteiger partial charge in [0.2, 0.25) is 0 Å². The van der Waals surface area contributed by atoms with Crippen LogP contribution in [-0.2, 0) is 6.61 Å². The predicted octanol–water partition coefficient (Wildman–Crippen LogP) is 1.24. The van der Waals surface area contributed by atoms with Crippen molar-refractivity contribution in [2.75, 3.05) is 6.61 Å². The van der Waals surface area contributed by atoms with Crippen molar-refractivity contribution in [3.05, 3.63) is 33.9 Å². The summed E-state index contributed by atoms with van der Waals surface area (Å²) in [6.45, 7) is 1.57. The van der Waals surface area contributed by atoms with E-state index >= 15 is 0 Å². The molecule has 0 radical (unpaired) electrons. The van der Waals surface area contributed by atoms with E-state index in [-0.39, 0.29) is 18.9 Å². The van der Waals surface area contributed by atoms with Crippen molar-refractivity contribution in [1.29, 1.82) is 0 Å². The summed E-state index contributed by atoms with van der Waals surface area (Å²) in [5, 5.41) is 28.9. The molecule has 0 aliphatic heterocycles. The van der Waals surface area contributed by atoms with Gasteiger partial charge in [-0.25, -0.2) is 0 Å². The average molecular weight is 241 g/mol. The first-order chi connectivity index (χ1) is 8.08. The molecule has 0 spiro atoms. The van der Waals surface area contributed by atoms with Crippen molar-refractivity contribution in [3.8, 4) is 5.75 Å². The topological polar surface area (TPSA) is 92.8 Å². The molecule has 6 nitrogen and oxygen atoms in total. The molecule has 1 aromatic carbocycles. The molecule has 0 bridgehead atoms. The van der Waals surface area contributed by atoms with Crippen molar-refractivity contribution in [3.63, 3.8) is 0 Å². The van der Waals surface area contributed by atoms with Crippen molar-refractivity contribution in [2.45, 2.75) is 26.1 Å². The Balaban J connectivity index is 2.82. The summed E-state index contributed by atoms with van der Waals surface area (Å²) in [6, 6.07) is 3.98. The number of nitro benzene ring substituents is 1. The summed E-state index contributed by atoms with van der Waals surface area (Å²) in [4.78, 5) is 10.00. The molecule has 2 N–H and O–H groups in total. The molecule has 1 atom stereocenters. The van der Waals surface area contributed by atoms with Gasteiger partial charge in [-0.2, -0.15) is 0 Å². The third kappa shape index (κ3) is 3.69. The molecule has 1 aromatic rings. The van der Waals surface area contributed by atoms with Gasteiger partial charge in [-0.3, -0.25) is 10.1 Å². The summed E-state index contributed by atoms with van der Waals surface area (Å²) in [7, 11) is 0. The number of aliphatic hydroxyl groups excluding tert-OH is 2. The minimum Gasteiger partial charge on any atom is -0.491 e. The number of nitro groups is 1. The molecular weight excluding hydrogens is 226 g/mol. The van der Waals surface area contributed by atoms with Gasteiger partial charge >= 0.3 is 0 Å². The minimum atomic E-state index is -0.586. The summed E-state index contributed by atoms with van der Waals surface area (Å²) in [5.41, 5.74) is 0.236. The van der Waals surface area contributed by atoms with E-state index < -0.39 is 11.0 Å². The average Bonchev–Trinajstić information content (AvgIpc) is 2.35. The Bertz CT molecular complexity index is 393. The molecule has 17 heavy (non-hydrogen) atoms. The zero-order valence-electron chi connectivity index (χ0n) is 9.50. The number of benzene rings is 1. The lowest BCUT2D eigenvalue weighted by Gasteiger charge is -2.12. The quantitative estimate of drug-likeness (QED) is 0.577. The van der Waals surface area contributed by atoms with Crippen LogP contribution >= 0.6 is 0 Å². The lowest BCUT2D eigenvalue weighted by atomic mass is 10.2. The van der Waals surface area contributed by atoms with Crippen LogP contribution in [0.5, 0.6) is 5.75 Å². The van der Waals surface area contributed by atoms with Gasteiger partial charge in [-0.1, -0.05) is 6.92 Å². The molecule has 0 amide bonds. The first kappa shape index (κ1) is 13.4. The Hall–Kier alpha value is -1.66. The maximum absolute atomic E-state index is 10.5. The smallest absolute Gasteiger partial charge is 0.270 e. The first-order valence-electron chi connectivity index (χ1n) is 5.27. The van der Waals surface area contributed by atoms with Crippen molar-refractivity contribution >= 4 is 5.69 Å². The number of ether oxygens (including phenoxy) is 1. The number of aliphatic hydroxyl groups is 2. The second kappa shape index (κ2) is 6.17. The fraction of sp³-hybridized carbons (Fsp3) is 0.455. The second-order valence-corrected chi connectivity index (χ2v) is 3.58. The number of non-ortho nitro benzene ring substituents is 1. The van der Waals surface area contributed by atoms with Gasteiger partial charge in [0.15, 0.2) is 0 Å². The lowest BCUT2D eigenvalue weighted by Crippen LogP contribution is -2.16. The molecule has 0 aromatic heterocycles. The van der Waals surface area contributed by atoms with Crippen LogP contribution in [0.25, 0.3) is 0 Å². The van der Waals surface area contributed by atoms with Crippen LogP contribution in [-0.4, -0.2) is 27.8 Å². The summed E-state index contributed by atoms with van der Waals surface area (Å²) in [6.07, 6.45) is -0.0294. The molecule has 94 valence electrons. The Labute approximate surface area is 98.6 Å². The van der Waals surface area contributed by atoms with Crippen LogP contribution in [0.2, 0.25) is 0 Å². The minimum absolute atomic E-state index is 0.0985. The SMILES string of the molecule is CCC(O)COc1ccc([N+](=O)[O-])cc1CO. The third-order valence-corrected chi connectivity index (χ3v) is 2.33. The van der Waals surface area contributed by atoms with Gasteiger partial charge in [0.1, 0.15) is 12.4 Å². The number of rotatable bonds is 6. The van der Waals surface area contributed by atoms with E-state index in [1.807, 2.05) is 6.92 Å². The molecule has 0 aliphatic rings. The lowest BCUT2D eigenvalue weighted by molar-refractivity contribution is -0.385. The normalized spacial score (nSPS) is 12.2. The Morgan fingerprint density at radius 3 is 2.76 bits per heavy atom. The zero-order valence-corrected chi connectivity index (χ0v) is 9.50. The van der Waals surface area contributed by atoms with Gasteiger partial charge < -0.3 is 14.9 Å². The first-order valence-corrected chi connectivity index (χ1v) is 5.27. The second-order valence-electron chi connectivity index (χ2n) is 3.58. The molecule has 1 rings (SSSR count). The maximum Gasteiger partial charge on any atom is 0.270 e. The van der Waals surface area contributed by atoms with Gasteiger partial charge in [-0.15, -0.1) is 0 Å². The summed E-state index contributed by atoms with van der Waals surface area (Å²) < 4.78 is 5.28. The Morgan fingerprint density at radius 2 is 2.24 bits per heavy atom. The summed E-state index contributed by atoms with van der Waals surface area (Å²) in [5.74, 6) is 0.352. The van der Waals surface area contributed by atoms with E-state index in [1.165, 1.54) is 18.2 Å². The van der Waals surface area contributed by atoms with Crippen LogP contribution in [0, 0.1) is 10.1 Å². The highest BCUT2D eigenvalue weighted by Crippen LogP contribution is 2.24. The molecule has 1 unspecified atom stereocenters. The largest absolute Gasteiger partial charge is 0.491 e. The third-order valence-electron chi connectivity index (χ3n) is 2.33. The van der Waals surface area contributed by atoms with E-state index in [1.54, 1.807) is 0 Å². The molecule has 6 heteroatoms. The number of hydrogen-bond acceptors (Lipinski definition) is 5. The van der Waals surface area contributed by atoms with Gasteiger partial charge in [-0.05, 0) is 12.5 Å². The summed E-state index contributed by atoms with van der Waals surface area (Å²) >= 11 is 0. The van der Waals surface area contributed by atoms with Crippen molar-refractivity contribution in [2.24, 2.45) is 0 Å². The monoisotopic (exact) mass is 241 g/mol. The highest BCUT2D eigenvalue weighted by Gasteiger charge is 2.12. The van der Waals surface area contributed by atoms with Crippen LogP contribution in [0.1, 0.15) is 18.9 Å². The van der Waals surface area contributed by atoms with Crippen LogP contribution in [0.4, 0.5) is 5.69 Å². The molecule has 0 aliphatic carbocycles. The van der Waals surface area contributed by atoms with Crippen LogP contribution in [0.3, 0.4) is 0 Å². The highest BCUT2D eigenvalue weighted by atomic mass is 16.6. The van der Waals surface area contributed by atoms with E-state index in [9.17, 15) is 15.2 Å². The van der Waals surface area contributed by atoms with Gasteiger partial charge in [0, 0.05) is 17.7 Å². The van der Waals surface area contributed by atoms with E-state index in [4.69, 9.17) is 9.84 Å². The molecular formula is C11H15NO5. The fourth-order valence-corrected chi connectivity index (χ4v) is 1.25. The van der Waals surface area contributed by atoms with Crippen molar-refractivity contribution in [1.82, 2.24) is 0 Å². The maximum atomic E-state index is 10.5. The number of hydrogen-bond donors (Lipinski definition) is 2. The fourth-order valence-electron chi connectivity index (χ4n) is 1.25. The number of nitrogens with zero attached hydrogens (tertiary/aromatic N) is 1. The molecule has 0 saturated heterocycles. The standard InChI is InChI=1S/C11H15NO5/c1-2-10(14)7-17-11-4-3-9(12(15)16)5-8(11)6-13/h3-5,10,13-14H,2,6-7H2,1H3. The van der Waals surface area contributed by atoms with E-state index in [0.717, 1.165) is 0 Å². The zero-order chi connectivity index (χ0) is 12.8. The van der Waals surface area contributed by atoms with Crippen LogP contribution in [0.15, 0.2) is 18.2 Å². The molecule has 0 heterocycles. The predicted molar refractivity (Wildman–Crippen MR) is 60.8 cm³/mol. The Kier molecular flexibility index (Phi) is 4.86. The Morgan fingerprint density at radius 1 is 1.53 bits per heavy atom. The highest BCUT2D eigenvalue weighted by molar-refractivity contribution is 5.43. The molecule has 0 saturated carbocycles. The van der Waals surface area contributed by atoms with Gasteiger partial charge in [0.25, 0.3) is 5.69 Å². The van der Waals surface area contributed by atoms with E-state index in [0.29, 0.717) is 17.7 Å². The molecule has 0 fully saturated rings. The van der Waals surface area contributed by atoms with E-state index in [2.05, 4.69) is 0 Å².